The van der Waals surface area contributed by atoms with E-state index in [0.717, 1.165) is 17.7 Å². The van der Waals surface area contributed by atoms with Gasteiger partial charge in [-0.25, -0.2) is 0 Å². The van der Waals surface area contributed by atoms with E-state index in [4.69, 9.17) is 9.47 Å². The zero-order chi connectivity index (χ0) is 14.5. The van der Waals surface area contributed by atoms with Gasteiger partial charge in [0.15, 0.2) is 5.79 Å². The van der Waals surface area contributed by atoms with Crippen molar-refractivity contribution in [1.29, 1.82) is 0 Å². The van der Waals surface area contributed by atoms with Gasteiger partial charge in [0.2, 0.25) is 5.91 Å². The number of carbonyl (C=O) groups excluding carboxylic acids is 1. The zero-order valence-electron chi connectivity index (χ0n) is 12.0. The Morgan fingerprint density at radius 1 is 1.43 bits per heavy atom. The highest BCUT2D eigenvalue weighted by molar-refractivity contribution is 7.10. The number of rotatable bonds is 4. The van der Waals surface area contributed by atoms with Crippen LogP contribution in [0.1, 0.15) is 37.0 Å². The van der Waals surface area contributed by atoms with Crippen LogP contribution in [0.25, 0.3) is 6.08 Å². The van der Waals surface area contributed by atoms with E-state index < -0.39 is 0 Å². The van der Waals surface area contributed by atoms with Crippen molar-refractivity contribution in [2.24, 2.45) is 0 Å². The van der Waals surface area contributed by atoms with Crippen molar-refractivity contribution in [1.82, 2.24) is 5.32 Å². The van der Waals surface area contributed by atoms with Gasteiger partial charge in [-0.05, 0) is 30.4 Å². The van der Waals surface area contributed by atoms with Crippen LogP contribution in [0.5, 0.6) is 0 Å². The summed E-state index contributed by atoms with van der Waals surface area (Å²) in [7, 11) is 0. The second-order valence-corrected chi connectivity index (χ2v) is 6.60. The molecule has 1 atom stereocenters. The predicted octanol–water partition coefficient (Wildman–Crippen LogP) is 2.95. The van der Waals surface area contributed by atoms with Gasteiger partial charge in [0.25, 0.3) is 0 Å². The number of nitrogens with one attached hydrogen (secondary N) is 1. The second kappa shape index (κ2) is 6.73. The first-order valence-corrected chi connectivity index (χ1v) is 8.45. The van der Waals surface area contributed by atoms with E-state index in [2.05, 4.69) is 5.32 Å². The van der Waals surface area contributed by atoms with Crippen molar-refractivity contribution in [3.8, 4) is 0 Å². The maximum Gasteiger partial charge on any atom is 0.244 e. The average Bonchev–Trinajstić information content (AvgIpc) is 3.14. The third-order valence-corrected chi connectivity index (χ3v) is 4.81. The van der Waals surface area contributed by atoms with Gasteiger partial charge in [0.05, 0.1) is 6.61 Å². The van der Waals surface area contributed by atoms with Crippen LogP contribution in [0.2, 0.25) is 0 Å². The van der Waals surface area contributed by atoms with Gasteiger partial charge in [0.1, 0.15) is 6.10 Å². The SMILES string of the molecule is O=C(/C=C/c1cccs1)NC[C@H]1COC2(CCCCC2)O1. The molecule has 1 saturated carbocycles. The summed E-state index contributed by atoms with van der Waals surface area (Å²) in [4.78, 5) is 12.8. The number of amides is 1. The lowest BCUT2D eigenvalue weighted by molar-refractivity contribution is -0.186. The molecule has 0 aromatic carbocycles. The molecular weight excluding hydrogens is 286 g/mol. The largest absolute Gasteiger partial charge is 0.350 e. The first kappa shape index (κ1) is 14.8. The first-order chi connectivity index (χ1) is 10.3. The minimum atomic E-state index is -0.361. The maximum absolute atomic E-state index is 11.8. The molecule has 2 heterocycles. The smallest absolute Gasteiger partial charge is 0.244 e. The van der Waals surface area contributed by atoms with Gasteiger partial charge < -0.3 is 14.8 Å². The van der Waals surface area contributed by atoms with Crippen molar-refractivity contribution in [3.63, 3.8) is 0 Å². The fourth-order valence-electron chi connectivity index (χ4n) is 2.89. The lowest BCUT2D eigenvalue weighted by Crippen LogP contribution is -2.36. The van der Waals surface area contributed by atoms with Gasteiger partial charge >= 0.3 is 0 Å². The Morgan fingerprint density at radius 2 is 2.29 bits per heavy atom. The van der Waals surface area contributed by atoms with Crippen LogP contribution in [0.15, 0.2) is 23.6 Å². The predicted molar refractivity (Wildman–Crippen MR) is 83.0 cm³/mol. The van der Waals surface area contributed by atoms with Crippen LogP contribution in [-0.2, 0) is 14.3 Å². The third-order valence-electron chi connectivity index (χ3n) is 3.98. The molecule has 1 spiro atoms. The molecule has 1 aliphatic carbocycles. The van der Waals surface area contributed by atoms with E-state index in [1.54, 1.807) is 17.4 Å². The van der Waals surface area contributed by atoms with Crippen LogP contribution >= 0.6 is 11.3 Å². The number of hydrogen-bond donors (Lipinski definition) is 1. The third kappa shape index (κ3) is 3.93. The number of carbonyl (C=O) groups is 1. The highest BCUT2D eigenvalue weighted by Crippen LogP contribution is 2.37. The standard InChI is InChI=1S/C16H21NO3S/c18-15(7-6-14-5-4-10-21-14)17-11-13-12-19-16(20-13)8-2-1-3-9-16/h4-7,10,13H,1-3,8-9,11-12H2,(H,17,18)/b7-6+/t13-/m0/s1. The lowest BCUT2D eigenvalue weighted by atomic mass is 9.94. The molecule has 1 aromatic rings. The molecule has 1 aliphatic heterocycles. The quantitative estimate of drug-likeness (QED) is 0.870. The molecule has 21 heavy (non-hydrogen) atoms. The van der Waals surface area contributed by atoms with E-state index in [1.807, 2.05) is 23.6 Å². The fourth-order valence-corrected chi connectivity index (χ4v) is 3.51. The van der Waals surface area contributed by atoms with Crippen molar-refractivity contribution in [3.05, 3.63) is 28.5 Å². The van der Waals surface area contributed by atoms with Gasteiger partial charge in [-0.15, -0.1) is 11.3 Å². The number of ether oxygens (including phenoxy) is 2. The van der Waals surface area contributed by atoms with E-state index in [0.29, 0.717) is 13.2 Å². The van der Waals surface area contributed by atoms with Crippen molar-refractivity contribution >= 4 is 23.3 Å². The highest BCUT2D eigenvalue weighted by atomic mass is 32.1. The van der Waals surface area contributed by atoms with E-state index in [9.17, 15) is 4.79 Å². The molecule has 5 heteroatoms. The molecule has 1 saturated heterocycles. The molecule has 0 bridgehead atoms. The number of thiophene rings is 1. The van der Waals surface area contributed by atoms with Gasteiger partial charge in [-0.3, -0.25) is 4.79 Å². The Kier molecular flexibility index (Phi) is 4.73. The minimum Gasteiger partial charge on any atom is -0.350 e. The molecule has 114 valence electrons. The molecule has 0 radical (unpaired) electrons. The van der Waals surface area contributed by atoms with Crippen molar-refractivity contribution < 1.29 is 14.3 Å². The summed E-state index contributed by atoms with van der Waals surface area (Å²) in [6.45, 7) is 1.09. The van der Waals surface area contributed by atoms with E-state index >= 15 is 0 Å². The second-order valence-electron chi connectivity index (χ2n) is 5.62. The minimum absolute atomic E-state index is 0.0258. The number of hydrogen-bond acceptors (Lipinski definition) is 4. The molecule has 4 nitrogen and oxygen atoms in total. The molecule has 2 aliphatic rings. The summed E-state index contributed by atoms with van der Waals surface area (Å²) >= 11 is 1.61. The van der Waals surface area contributed by atoms with Crippen LogP contribution < -0.4 is 5.32 Å². The molecule has 0 unspecified atom stereocenters. The monoisotopic (exact) mass is 307 g/mol. The Bertz CT molecular complexity index is 492. The fraction of sp³-hybridized carbons (Fsp3) is 0.562. The maximum atomic E-state index is 11.8. The van der Waals surface area contributed by atoms with Gasteiger partial charge in [-0.2, -0.15) is 0 Å². The Labute approximate surface area is 129 Å². The van der Waals surface area contributed by atoms with E-state index in [1.165, 1.54) is 19.3 Å². The average molecular weight is 307 g/mol. The normalized spacial score (nSPS) is 24.7. The first-order valence-electron chi connectivity index (χ1n) is 7.57. The Hall–Kier alpha value is -1.17. The van der Waals surface area contributed by atoms with Crippen LogP contribution in [0, 0.1) is 0 Å². The molecule has 1 amide bonds. The van der Waals surface area contributed by atoms with Gasteiger partial charge in [0, 0.05) is 30.3 Å². The summed E-state index contributed by atoms with van der Waals surface area (Å²) in [5, 5.41) is 4.87. The molecule has 3 rings (SSSR count). The van der Waals surface area contributed by atoms with E-state index in [-0.39, 0.29) is 17.8 Å². The van der Waals surface area contributed by atoms with Crippen LogP contribution in [0.4, 0.5) is 0 Å². The lowest BCUT2D eigenvalue weighted by Gasteiger charge is -2.31. The topological polar surface area (TPSA) is 47.6 Å². The summed E-state index contributed by atoms with van der Waals surface area (Å²) in [5.41, 5.74) is 0. The molecule has 1 N–H and O–H groups in total. The Balaban J connectivity index is 1.42. The van der Waals surface area contributed by atoms with Gasteiger partial charge in [-0.1, -0.05) is 12.5 Å². The van der Waals surface area contributed by atoms with Crippen LogP contribution in [-0.4, -0.2) is 30.9 Å². The zero-order valence-corrected chi connectivity index (χ0v) is 12.9. The van der Waals surface area contributed by atoms with Crippen molar-refractivity contribution in [2.45, 2.75) is 44.0 Å². The summed E-state index contributed by atoms with van der Waals surface area (Å²) in [5.74, 6) is -0.447. The Morgan fingerprint density at radius 3 is 3.05 bits per heavy atom. The molecular formula is C16H21NO3S. The molecule has 1 aromatic heterocycles. The molecule has 2 fully saturated rings. The highest BCUT2D eigenvalue weighted by Gasteiger charge is 2.42. The summed E-state index contributed by atoms with van der Waals surface area (Å²) in [6.07, 6.45) is 8.94. The van der Waals surface area contributed by atoms with Crippen molar-refractivity contribution in [2.75, 3.05) is 13.2 Å². The summed E-state index contributed by atoms with van der Waals surface area (Å²) in [6, 6.07) is 3.95. The van der Waals surface area contributed by atoms with Crippen LogP contribution in [0.3, 0.4) is 0 Å². The summed E-state index contributed by atoms with van der Waals surface area (Å²) < 4.78 is 11.9.